The van der Waals surface area contributed by atoms with Crippen molar-refractivity contribution in [3.05, 3.63) is 101 Å². The van der Waals surface area contributed by atoms with Crippen LogP contribution in [0.15, 0.2) is 77.4 Å². The van der Waals surface area contributed by atoms with E-state index in [4.69, 9.17) is 4.52 Å². The van der Waals surface area contributed by atoms with Gasteiger partial charge in [0.15, 0.2) is 5.76 Å². The fourth-order valence-corrected chi connectivity index (χ4v) is 4.12. The highest BCUT2D eigenvalue weighted by Gasteiger charge is 2.35. The third-order valence-electron chi connectivity index (χ3n) is 5.85. The van der Waals surface area contributed by atoms with Gasteiger partial charge >= 0.3 is 6.18 Å². The van der Waals surface area contributed by atoms with Gasteiger partial charge in [-0.25, -0.2) is 4.39 Å². The Morgan fingerprint density at radius 1 is 1.00 bits per heavy atom. The lowest BCUT2D eigenvalue weighted by Gasteiger charge is -2.23. The topological polar surface area (TPSA) is 75.4 Å². The van der Waals surface area contributed by atoms with Crippen LogP contribution in [-0.2, 0) is 12.6 Å². The second-order valence-corrected chi connectivity index (χ2v) is 8.12. The molecule has 10 heteroatoms. The number of aromatic nitrogens is 1. The molecule has 0 bridgehead atoms. The van der Waals surface area contributed by atoms with Crippen molar-refractivity contribution in [2.75, 3.05) is 16.8 Å². The summed E-state index contributed by atoms with van der Waals surface area (Å²) in [5.41, 5.74) is 0.686. The molecule has 0 aliphatic carbocycles. The largest absolute Gasteiger partial charge is 0.417 e. The lowest BCUT2D eigenvalue weighted by Crippen LogP contribution is -2.32. The minimum Gasteiger partial charge on any atom is -0.356 e. The summed E-state index contributed by atoms with van der Waals surface area (Å²) >= 11 is 0. The lowest BCUT2D eigenvalue weighted by atomic mass is 10.1. The quantitative estimate of drug-likeness (QED) is 0.356. The van der Waals surface area contributed by atoms with Crippen molar-refractivity contribution in [3.8, 4) is 11.3 Å². The van der Waals surface area contributed by atoms with E-state index < -0.39 is 29.0 Å². The van der Waals surface area contributed by atoms with Crippen LogP contribution in [0.5, 0.6) is 0 Å². The number of fused-ring (bicyclic) bond motifs is 3. The van der Waals surface area contributed by atoms with Crippen molar-refractivity contribution in [2.45, 2.75) is 12.6 Å². The smallest absolute Gasteiger partial charge is 0.356 e. The van der Waals surface area contributed by atoms with Crippen LogP contribution in [0.2, 0.25) is 0 Å². The maximum atomic E-state index is 13.4. The van der Waals surface area contributed by atoms with Gasteiger partial charge in [0.2, 0.25) is 0 Å². The maximum absolute atomic E-state index is 13.4. The standard InChI is InChI=1S/C26H17F4N3O3/c27-17-7-10-19(21(13-17)26(28,29)30)24(34)32-18-8-5-15(6-9-18)25(35)33-12-11-16-14-31-36-23(16)20-3-1-2-4-22(20)33/h1-10,13-14H,11-12H2,(H,32,34). The predicted octanol–water partition coefficient (Wildman–Crippen LogP) is 5.95. The van der Waals surface area contributed by atoms with Crippen molar-refractivity contribution < 1.29 is 31.7 Å². The number of nitrogens with one attached hydrogen (secondary N) is 1. The summed E-state index contributed by atoms with van der Waals surface area (Å²) in [5.74, 6) is -1.84. The molecule has 0 atom stereocenters. The second kappa shape index (κ2) is 8.95. The fraction of sp³-hybridized carbons (Fsp3) is 0.115. The molecular weight excluding hydrogens is 478 g/mol. The number of rotatable bonds is 3. The van der Waals surface area contributed by atoms with Crippen molar-refractivity contribution in [1.29, 1.82) is 0 Å². The van der Waals surface area contributed by atoms with E-state index in [1.165, 1.54) is 24.3 Å². The molecule has 0 spiro atoms. The first-order chi connectivity index (χ1) is 17.2. The molecule has 2 amide bonds. The van der Waals surface area contributed by atoms with E-state index in [-0.39, 0.29) is 17.7 Å². The number of nitrogens with zero attached hydrogens (tertiary/aromatic N) is 2. The fourth-order valence-electron chi connectivity index (χ4n) is 4.12. The van der Waals surface area contributed by atoms with Gasteiger partial charge in [-0.15, -0.1) is 0 Å². The molecule has 3 aromatic carbocycles. The van der Waals surface area contributed by atoms with Crippen molar-refractivity contribution >= 4 is 23.2 Å². The number of hydrogen-bond acceptors (Lipinski definition) is 4. The summed E-state index contributed by atoms with van der Waals surface area (Å²) < 4.78 is 58.5. The number of para-hydroxylation sites is 1. The Balaban J connectivity index is 1.37. The van der Waals surface area contributed by atoms with Crippen LogP contribution >= 0.6 is 0 Å². The van der Waals surface area contributed by atoms with E-state index in [1.54, 1.807) is 17.2 Å². The van der Waals surface area contributed by atoms with E-state index in [0.29, 0.717) is 30.0 Å². The zero-order valence-electron chi connectivity index (χ0n) is 18.5. The number of alkyl halides is 3. The summed E-state index contributed by atoms with van der Waals surface area (Å²) in [7, 11) is 0. The first kappa shape index (κ1) is 23.3. The molecule has 0 fully saturated rings. The molecule has 36 heavy (non-hydrogen) atoms. The van der Waals surface area contributed by atoms with Gasteiger partial charge in [0.1, 0.15) is 5.82 Å². The highest BCUT2D eigenvalue weighted by atomic mass is 19.4. The molecule has 1 aliphatic rings. The Hall–Kier alpha value is -4.47. The molecule has 0 saturated carbocycles. The molecule has 1 aromatic heterocycles. The van der Waals surface area contributed by atoms with Crippen LogP contribution in [0.1, 0.15) is 31.8 Å². The van der Waals surface area contributed by atoms with Crippen molar-refractivity contribution in [1.82, 2.24) is 5.16 Å². The minimum atomic E-state index is -4.90. The van der Waals surface area contributed by atoms with E-state index in [9.17, 15) is 27.2 Å². The average Bonchev–Trinajstić information content (AvgIpc) is 3.26. The first-order valence-electron chi connectivity index (χ1n) is 10.9. The van der Waals surface area contributed by atoms with Gasteiger partial charge in [0.25, 0.3) is 11.8 Å². The summed E-state index contributed by atoms with van der Waals surface area (Å²) in [6, 6.07) is 14.9. The van der Waals surface area contributed by atoms with Gasteiger partial charge in [-0.3, -0.25) is 9.59 Å². The molecule has 1 N–H and O–H groups in total. The Labute approximate surface area is 202 Å². The molecule has 182 valence electrons. The average molecular weight is 495 g/mol. The highest BCUT2D eigenvalue weighted by Crippen LogP contribution is 2.37. The minimum absolute atomic E-state index is 0.176. The summed E-state index contributed by atoms with van der Waals surface area (Å²) in [5, 5.41) is 6.22. The Morgan fingerprint density at radius 3 is 2.50 bits per heavy atom. The predicted molar refractivity (Wildman–Crippen MR) is 123 cm³/mol. The molecule has 4 aromatic rings. The Bertz CT molecular complexity index is 1460. The zero-order valence-corrected chi connectivity index (χ0v) is 18.5. The molecule has 0 radical (unpaired) electrons. The van der Waals surface area contributed by atoms with E-state index in [0.717, 1.165) is 23.3 Å². The van der Waals surface area contributed by atoms with Crippen LogP contribution in [0.4, 0.5) is 28.9 Å². The molecule has 1 aliphatic heterocycles. The van der Waals surface area contributed by atoms with Crippen molar-refractivity contribution in [2.24, 2.45) is 0 Å². The molecule has 6 nitrogen and oxygen atoms in total. The summed E-state index contributed by atoms with van der Waals surface area (Å²) in [6.07, 6.45) is -2.74. The number of amides is 2. The van der Waals surface area contributed by atoms with E-state index in [1.807, 2.05) is 18.2 Å². The second-order valence-electron chi connectivity index (χ2n) is 8.12. The Morgan fingerprint density at radius 2 is 1.75 bits per heavy atom. The molecular formula is C26H17F4N3O3. The molecule has 0 saturated heterocycles. The molecule has 5 rings (SSSR count). The Kier molecular flexibility index (Phi) is 5.79. The number of carbonyl (C=O) groups is 2. The maximum Gasteiger partial charge on any atom is 0.417 e. The van der Waals surface area contributed by atoms with Crippen LogP contribution in [0.3, 0.4) is 0 Å². The SMILES string of the molecule is O=C(Nc1ccc(C(=O)N2CCc3cnoc3-c3ccccc32)cc1)c1ccc(F)cc1C(F)(F)F. The van der Waals surface area contributed by atoms with Gasteiger partial charge in [0.05, 0.1) is 23.0 Å². The van der Waals surface area contributed by atoms with Gasteiger partial charge in [-0.05, 0) is 61.0 Å². The summed E-state index contributed by atoms with van der Waals surface area (Å²) in [4.78, 5) is 27.5. The summed E-state index contributed by atoms with van der Waals surface area (Å²) in [6.45, 7) is 0.382. The van der Waals surface area contributed by atoms with Crippen LogP contribution < -0.4 is 10.2 Å². The number of carbonyl (C=O) groups excluding carboxylic acids is 2. The molecule has 2 heterocycles. The zero-order chi connectivity index (χ0) is 25.4. The van der Waals surface area contributed by atoms with Gasteiger partial charge in [-0.2, -0.15) is 13.2 Å². The first-order valence-corrected chi connectivity index (χ1v) is 10.9. The van der Waals surface area contributed by atoms with Gasteiger partial charge in [0, 0.05) is 28.9 Å². The highest BCUT2D eigenvalue weighted by molar-refractivity contribution is 6.09. The van der Waals surface area contributed by atoms with Crippen LogP contribution in [0, 0.1) is 5.82 Å². The number of hydrogen-bond donors (Lipinski definition) is 1. The van der Waals surface area contributed by atoms with Crippen LogP contribution in [-0.4, -0.2) is 23.5 Å². The van der Waals surface area contributed by atoms with Crippen molar-refractivity contribution in [3.63, 3.8) is 0 Å². The monoisotopic (exact) mass is 495 g/mol. The lowest BCUT2D eigenvalue weighted by molar-refractivity contribution is -0.138. The van der Waals surface area contributed by atoms with E-state index >= 15 is 0 Å². The van der Waals surface area contributed by atoms with E-state index in [2.05, 4.69) is 10.5 Å². The number of benzene rings is 3. The van der Waals surface area contributed by atoms with Crippen LogP contribution in [0.25, 0.3) is 11.3 Å². The van der Waals surface area contributed by atoms with Gasteiger partial charge < -0.3 is 14.7 Å². The number of halogens is 4. The third kappa shape index (κ3) is 4.33. The third-order valence-corrected chi connectivity index (χ3v) is 5.85. The normalized spacial score (nSPS) is 12.9. The number of anilines is 2. The molecule has 0 unspecified atom stereocenters. The van der Waals surface area contributed by atoms with Gasteiger partial charge in [-0.1, -0.05) is 17.3 Å².